The van der Waals surface area contributed by atoms with Crippen molar-refractivity contribution < 1.29 is 9.72 Å². The number of non-ortho nitro benzene ring substituents is 1. The number of nitro benzene ring substituents is 1. The third-order valence-corrected chi connectivity index (χ3v) is 2.63. The highest BCUT2D eigenvalue weighted by molar-refractivity contribution is 9.10. The van der Waals surface area contributed by atoms with Crippen LogP contribution in [0.5, 0.6) is 0 Å². The number of nitro groups is 1. The Morgan fingerprint density at radius 2 is 2.12 bits per heavy atom. The van der Waals surface area contributed by atoms with Crippen LogP contribution in [0.3, 0.4) is 0 Å². The van der Waals surface area contributed by atoms with Gasteiger partial charge in [0.05, 0.1) is 10.6 Å². The number of carbonyl (C=O) groups excluding carboxylic acids is 1. The molecule has 86 valence electrons. The standard InChI is InChI=1S/C10H11BrN2O3/c1-6(2)10(14)12-9-5-7(13(15)16)3-4-8(9)11/h3-6H,1-2H3,(H,12,14). The Balaban J connectivity index is 2.99. The van der Waals surface area contributed by atoms with Crippen LogP contribution in [-0.2, 0) is 4.79 Å². The number of benzene rings is 1. The van der Waals surface area contributed by atoms with E-state index >= 15 is 0 Å². The second kappa shape index (κ2) is 5.07. The summed E-state index contributed by atoms with van der Waals surface area (Å²) in [7, 11) is 0. The molecule has 0 radical (unpaired) electrons. The number of nitrogens with one attached hydrogen (secondary N) is 1. The molecule has 0 aliphatic carbocycles. The molecule has 0 aliphatic heterocycles. The molecule has 1 amide bonds. The molecule has 0 saturated heterocycles. The van der Waals surface area contributed by atoms with Crippen LogP contribution in [-0.4, -0.2) is 10.8 Å². The molecule has 0 bridgehead atoms. The third kappa shape index (κ3) is 3.03. The summed E-state index contributed by atoms with van der Waals surface area (Å²) in [6, 6.07) is 4.23. The monoisotopic (exact) mass is 286 g/mol. The number of halogens is 1. The van der Waals surface area contributed by atoms with E-state index in [9.17, 15) is 14.9 Å². The van der Waals surface area contributed by atoms with Crippen LogP contribution in [0.4, 0.5) is 11.4 Å². The summed E-state index contributed by atoms with van der Waals surface area (Å²) in [5, 5.41) is 13.2. The summed E-state index contributed by atoms with van der Waals surface area (Å²) in [4.78, 5) is 21.5. The van der Waals surface area contributed by atoms with Crippen molar-refractivity contribution in [2.75, 3.05) is 5.32 Å². The molecule has 0 saturated carbocycles. The van der Waals surface area contributed by atoms with Gasteiger partial charge in [0.25, 0.3) is 5.69 Å². The zero-order valence-electron chi connectivity index (χ0n) is 8.86. The maximum Gasteiger partial charge on any atom is 0.271 e. The van der Waals surface area contributed by atoms with Gasteiger partial charge in [-0.15, -0.1) is 0 Å². The van der Waals surface area contributed by atoms with Gasteiger partial charge in [-0.2, -0.15) is 0 Å². The first kappa shape index (κ1) is 12.6. The van der Waals surface area contributed by atoms with Gasteiger partial charge in [-0.1, -0.05) is 13.8 Å². The number of hydrogen-bond acceptors (Lipinski definition) is 3. The van der Waals surface area contributed by atoms with E-state index in [4.69, 9.17) is 0 Å². The van der Waals surface area contributed by atoms with Crippen molar-refractivity contribution in [3.8, 4) is 0 Å². The highest BCUT2D eigenvalue weighted by atomic mass is 79.9. The Labute approximate surface area is 101 Å². The van der Waals surface area contributed by atoms with Crippen molar-refractivity contribution in [2.24, 2.45) is 5.92 Å². The van der Waals surface area contributed by atoms with E-state index in [0.29, 0.717) is 10.2 Å². The van der Waals surface area contributed by atoms with Gasteiger partial charge in [0.1, 0.15) is 0 Å². The fourth-order valence-corrected chi connectivity index (χ4v) is 1.35. The van der Waals surface area contributed by atoms with E-state index in [0.717, 1.165) is 0 Å². The summed E-state index contributed by atoms with van der Waals surface area (Å²) in [6.07, 6.45) is 0. The average molecular weight is 287 g/mol. The number of amides is 1. The van der Waals surface area contributed by atoms with Crippen molar-refractivity contribution in [1.29, 1.82) is 0 Å². The fourth-order valence-electron chi connectivity index (χ4n) is 1.000. The van der Waals surface area contributed by atoms with Gasteiger partial charge in [-0.3, -0.25) is 14.9 Å². The van der Waals surface area contributed by atoms with Gasteiger partial charge in [-0.05, 0) is 22.0 Å². The summed E-state index contributed by atoms with van der Waals surface area (Å²) in [5.74, 6) is -0.354. The van der Waals surface area contributed by atoms with Gasteiger partial charge in [0.2, 0.25) is 5.91 Å². The van der Waals surface area contributed by atoms with E-state index in [1.165, 1.54) is 18.2 Å². The molecular weight excluding hydrogens is 276 g/mol. The van der Waals surface area contributed by atoms with Crippen molar-refractivity contribution in [2.45, 2.75) is 13.8 Å². The maximum atomic E-state index is 11.4. The minimum absolute atomic E-state index is 0.0535. The van der Waals surface area contributed by atoms with Gasteiger partial charge < -0.3 is 5.32 Å². The van der Waals surface area contributed by atoms with Crippen LogP contribution in [0.15, 0.2) is 22.7 Å². The third-order valence-electron chi connectivity index (χ3n) is 1.94. The van der Waals surface area contributed by atoms with E-state index in [1.54, 1.807) is 13.8 Å². The van der Waals surface area contributed by atoms with E-state index in [2.05, 4.69) is 21.2 Å². The Morgan fingerprint density at radius 3 is 2.62 bits per heavy atom. The zero-order valence-corrected chi connectivity index (χ0v) is 10.4. The lowest BCUT2D eigenvalue weighted by Crippen LogP contribution is -2.18. The van der Waals surface area contributed by atoms with Crippen LogP contribution >= 0.6 is 15.9 Å². The summed E-state index contributed by atoms with van der Waals surface area (Å²) in [5.41, 5.74) is 0.357. The van der Waals surface area contributed by atoms with Crippen molar-refractivity contribution >= 4 is 33.2 Å². The van der Waals surface area contributed by atoms with E-state index in [-0.39, 0.29) is 17.5 Å². The minimum Gasteiger partial charge on any atom is -0.325 e. The Hall–Kier alpha value is -1.43. The molecule has 0 heterocycles. The number of carbonyl (C=O) groups is 1. The van der Waals surface area contributed by atoms with Crippen LogP contribution in [0.25, 0.3) is 0 Å². The second-order valence-electron chi connectivity index (χ2n) is 3.57. The van der Waals surface area contributed by atoms with Gasteiger partial charge in [-0.25, -0.2) is 0 Å². The van der Waals surface area contributed by atoms with Crippen LogP contribution in [0, 0.1) is 16.0 Å². The van der Waals surface area contributed by atoms with Crippen LogP contribution < -0.4 is 5.32 Å². The topological polar surface area (TPSA) is 72.2 Å². The smallest absolute Gasteiger partial charge is 0.271 e. The summed E-state index contributed by atoms with van der Waals surface area (Å²) in [6.45, 7) is 3.50. The lowest BCUT2D eigenvalue weighted by molar-refractivity contribution is -0.384. The number of anilines is 1. The number of rotatable bonds is 3. The molecule has 0 aromatic heterocycles. The molecule has 16 heavy (non-hydrogen) atoms. The lowest BCUT2D eigenvalue weighted by Gasteiger charge is -2.09. The predicted octanol–water partition coefficient (Wildman–Crippen LogP) is 2.95. The molecule has 1 rings (SSSR count). The minimum atomic E-state index is -0.503. The summed E-state index contributed by atoms with van der Waals surface area (Å²) >= 11 is 3.22. The average Bonchev–Trinajstić information content (AvgIpc) is 2.20. The van der Waals surface area contributed by atoms with Crippen molar-refractivity contribution in [1.82, 2.24) is 0 Å². The fraction of sp³-hybridized carbons (Fsp3) is 0.300. The van der Waals surface area contributed by atoms with Crippen molar-refractivity contribution in [3.63, 3.8) is 0 Å². The molecule has 6 heteroatoms. The van der Waals surface area contributed by atoms with Gasteiger partial charge >= 0.3 is 0 Å². The zero-order chi connectivity index (χ0) is 12.3. The Morgan fingerprint density at radius 1 is 1.50 bits per heavy atom. The van der Waals surface area contributed by atoms with Crippen LogP contribution in [0.2, 0.25) is 0 Å². The largest absolute Gasteiger partial charge is 0.325 e. The molecule has 0 aliphatic rings. The first-order valence-corrected chi connectivity index (χ1v) is 5.46. The summed E-state index contributed by atoms with van der Waals surface area (Å²) < 4.78 is 0.618. The molecule has 0 unspecified atom stereocenters. The first-order valence-electron chi connectivity index (χ1n) is 4.66. The molecule has 1 aromatic carbocycles. The van der Waals surface area contributed by atoms with Crippen molar-refractivity contribution in [3.05, 3.63) is 32.8 Å². The quantitative estimate of drug-likeness (QED) is 0.686. The maximum absolute atomic E-state index is 11.4. The highest BCUT2D eigenvalue weighted by Crippen LogP contribution is 2.27. The molecule has 0 atom stereocenters. The number of hydrogen-bond donors (Lipinski definition) is 1. The Bertz CT molecular complexity index is 432. The molecule has 5 nitrogen and oxygen atoms in total. The second-order valence-corrected chi connectivity index (χ2v) is 4.42. The van der Waals surface area contributed by atoms with E-state index in [1.807, 2.05) is 0 Å². The molecule has 0 fully saturated rings. The lowest BCUT2D eigenvalue weighted by atomic mass is 10.2. The molecular formula is C10H11BrN2O3. The number of nitrogens with zero attached hydrogens (tertiary/aromatic N) is 1. The predicted molar refractivity (Wildman–Crippen MR) is 64.3 cm³/mol. The molecule has 0 spiro atoms. The van der Waals surface area contributed by atoms with Gasteiger partial charge in [0.15, 0.2) is 0 Å². The molecule has 1 aromatic rings. The van der Waals surface area contributed by atoms with Crippen LogP contribution in [0.1, 0.15) is 13.8 Å². The van der Waals surface area contributed by atoms with Gasteiger partial charge in [0, 0.05) is 22.5 Å². The Kier molecular flexibility index (Phi) is 4.00. The normalized spacial score (nSPS) is 10.2. The van der Waals surface area contributed by atoms with E-state index < -0.39 is 4.92 Å². The first-order chi connectivity index (χ1) is 7.41. The SMILES string of the molecule is CC(C)C(=O)Nc1cc([N+](=O)[O-])ccc1Br. The molecule has 1 N–H and O–H groups in total. The highest BCUT2D eigenvalue weighted by Gasteiger charge is 2.13.